The number of nitrogens with one attached hydrogen (secondary N) is 1. The molecular weight excluding hydrogens is 234 g/mol. The topological polar surface area (TPSA) is 63.6 Å². The molecular formula is C11H13N5S. The van der Waals surface area contributed by atoms with Crippen molar-refractivity contribution in [2.24, 2.45) is 0 Å². The summed E-state index contributed by atoms with van der Waals surface area (Å²) in [5, 5.41) is 3.69. The van der Waals surface area contributed by atoms with E-state index in [0.29, 0.717) is 0 Å². The molecule has 88 valence electrons. The molecule has 2 rings (SSSR count). The second-order valence-corrected chi connectivity index (χ2v) is 4.42. The molecule has 6 heteroatoms. The van der Waals surface area contributed by atoms with Gasteiger partial charge in [-0.3, -0.25) is 4.98 Å². The molecule has 5 nitrogen and oxygen atoms in total. The monoisotopic (exact) mass is 247 g/mol. The Labute approximate surface area is 104 Å². The highest BCUT2D eigenvalue weighted by molar-refractivity contribution is 7.98. The van der Waals surface area contributed by atoms with Crippen LogP contribution in [0.15, 0.2) is 29.9 Å². The number of aryl methyl sites for hydroxylation is 1. The van der Waals surface area contributed by atoms with E-state index in [4.69, 9.17) is 0 Å². The van der Waals surface area contributed by atoms with Crippen molar-refractivity contribution in [1.82, 2.24) is 19.9 Å². The molecule has 2 heterocycles. The van der Waals surface area contributed by atoms with Gasteiger partial charge < -0.3 is 5.32 Å². The maximum atomic E-state index is 4.28. The Morgan fingerprint density at radius 1 is 1.06 bits per heavy atom. The number of aromatic nitrogens is 4. The van der Waals surface area contributed by atoms with Gasteiger partial charge in [0.25, 0.3) is 0 Å². The highest BCUT2D eigenvalue weighted by Gasteiger charge is 2.00. The zero-order chi connectivity index (χ0) is 12.1. The Bertz CT molecular complexity index is 468. The van der Waals surface area contributed by atoms with E-state index in [1.54, 1.807) is 24.2 Å². The Kier molecular flexibility index (Phi) is 3.87. The lowest BCUT2D eigenvalue weighted by Crippen LogP contribution is -1.96. The molecule has 0 saturated carbocycles. The molecule has 0 atom stereocenters. The van der Waals surface area contributed by atoms with E-state index < -0.39 is 0 Å². The van der Waals surface area contributed by atoms with Gasteiger partial charge in [-0.15, -0.1) is 0 Å². The Morgan fingerprint density at radius 3 is 2.41 bits per heavy atom. The van der Waals surface area contributed by atoms with E-state index in [0.717, 1.165) is 28.0 Å². The standard InChI is InChI=1S/C11H13N5S/c1-8-3-15-11(16-4-8)17-7-9-5-14-10(12-2)6-13-9/h3-6H,7H2,1-2H3,(H,12,14). The molecule has 0 bridgehead atoms. The summed E-state index contributed by atoms with van der Waals surface area (Å²) in [6.45, 7) is 1.97. The number of anilines is 1. The van der Waals surface area contributed by atoms with E-state index in [1.165, 1.54) is 0 Å². The van der Waals surface area contributed by atoms with E-state index in [-0.39, 0.29) is 0 Å². The minimum atomic E-state index is 0.722. The van der Waals surface area contributed by atoms with Crippen molar-refractivity contribution in [2.75, 3.05) is 12.4 Å². The second kappa shape index (κ2) is 5.58. The molecule has 2 aromatic heterocycles. The quantitative estimate of drug-likeness (QED) is 0.657. The van der Waals surface area contributed by atoms with Crippen LogP contribution in [-0.4, -0.2) is 27.0 Å². The molecule has 0 aliphatic heterocycles. The number of nitrogens with zero attached hydrogens (tertiary/aromatic N) is 4. The van der Waals surface area contributed by atoms with Gasteiger partial charge in [-0.1, -0.05) is 11.8 Å². The first-order valence-corrected chi connectivity index (χ1v) is 6.16. The highest BCUT2D eigenvalue weighted by Crippen LogP contribution is 2.17. The lowest BCUT2D eigenvalue weighted by Gasteiger charge is -2.01. The van der Waals surface area contributed by atoms with Gasteiger partial charge in [0.1, 0.15) is 5.82 Å². The molecule has 0 aliphatic rings. The van der Waals surface area contributed by atoms with Crippen molar-refractivity contribution < 1.29 is 0 Å². The Hall–Kier alpha value is -1.69. The summed E-state index contributed by atoms with van der Waals surface area (Å²) in [7, 11) is 1.82. The molecule has 0 aromatic carbocycles. The zero-order valence-corrected chi connectivity index (χ0v) is 10.5. The van der Waals surface area contributed by atoms with Gasteiger partial charge in [-0.05, 0) is 12.5 Å². The van der Waals surface area contributed by atoms with Gasteiger partial charge in [0.2, 0.25) is 0 Å². The van der Waals surface area contributed by atoms with Crippen LogP contribution in [0.5, 0.6) is 0 Å². The molecule has 1 N–H and O–H groups in total. The van der Waals surface area contributed by atoms with Crippen molar-refractivity contribution in [2.45, 2.75) is 17.8 Å². The first-order chi connectivity index (χ1) is 8.28. The van der Waals surface area contributed by atoms with E-state index >= 15 is 0 Å². The third kappa shape index (κ3) is 3.39. The molecule has 17 heavy (non-hydrogen) atoms. The van der Waals surface area contributed by atoms with Crippen molar-refractivity contribution in [3.8, 4) is 0 Å². The maximum Gasteiger partial charge on any atom is 0.187 e. The average Bonchev–Trinajstić information content (AvgIpc) is 2.39. The fourth-order valence-electron chi connectivity index (χ4n) is 1.15. The summed E-state index contributed by atoms with van der Waals surface area (Å²) in [6.07, 6.45) is 7.09. The third-order valence-electron chi connectivity index (χ3n) is 2.07. The van der Waals surface area contributed by atoms with Crippen LogP contribution in [0.4, 0.5) is 5.82 Å². The number of hydrogen-bond acceptors (Lipinski definition) is 6. The largest absolute Gasteiger partial charge is 0.372 e. The Morgan fingerprint density at radius 2 is 1.82 bits per heavy atom. The van der Waals surface area contributed by atoms with E-state index in [1.807, 2.05) is 26.4 Å². The minimum absolute atomic E-state index is 0.722. The van der Waals surface area contributed by atoms with Crippen molar-refractivity contribution in [3.63, 3.8) is 0 Å². The summed E-state index contributed by atoms with van der Waals surface area (Å²) < 4.78 is 0. The first kappa shape index (κ1) is 11.8. The van der Waals surface area contributed by atoms with Crippen LogP contribution in [0.3, 0.4) is 0 Å². The lowest BCUT2D eigenvalue weighted by atomic mass is 10.4. The van der Waals surface area contributed by atoms with Gasteiger partial charge in [0.15, 0.2) is 5.16 Å². The first-order valence-electron chi connectivity index (χ1n) is 5.18. The van der Waals surface area contributed by atoms with Crippen LogP contribution in [0.2, 0.25) is 0 Å². The smallest absolute Gasteiger partial charge is 0.187 e. The third-order valence-corrected chi connectivity index (χ3v) is 2.98. The molecule has 2 aromatic rings. The minimum Gasteiger partial charge on any atom is -0.372 e. The predicted molar refractivity (Wildman–Crippen MR) is 67.9 cm³/mol. The predicted octanol–water partition coefficient (Wildman–Crippen LogP) is 1.91. The SMILES string of the molecule is CNc1cnc(CSc2ncc(C)cn2)cn1. The molecule has 0 amide bonds. The van der Waals surface area contributed by atoms with E-state index in [9.17, 15) is 0 Å². The molecule has 0 saturated heterocycles. The molecule has 0 unspecified atom stereocenters. The Balaban J connectivity index is 1.95. The number of hydrogen-bond donors (Lipinski definition) is 1. The van der Waals surface area contributed by atoms with Crippen LogP contribution in [0.1, 0.15) is 11.3 Å². The second-order valence-electron chi connectivity index (χ2n) is 3.47. The molecule has 0 fully saturated rings. The molecule has 0 spiro atoms. The van der Waals surface area contributed by atoms with E-state index in [2.05, 4.69) is 25.3 Å². The van der Waals surface area contributed by atoms with Crippen molar-refractivity contribution in [3.05, 3.63) is 36.0 Å². The number of thioether (sulfide) groups is 1. The summed E-state index contributed by atoms with van der Waals surface area (Å²) >= 11 is 1.55. The molecule has 0 aliphatic carbocycles. The van der Waals surface area contributed by atoms with Crippen LogP contribution in [-0.2, 0) is 5.75 Å². The van der Waals surface area contributed by atoms with Crippen LogP contribution in [0, 0.1) is 6.92 Å². The summed E-state index contributed by atoms with van der Waals surface area (Å²) in [6, 6.07) is 0. The zero-order valence-electron chi connectivity index (χ0n) is 9.71. The fourth-order valence-corrected chi connectivity index (χ4v) is 1.83. The summed E-state index contributed by atoms with van der Waals surface area (Å²) in [5.74, 6) is 1.49. The van der Waals surface area contributed by atoms with Gasteiger partial charge in [0, 0.05) is 25.2 Å². The summed E-state index contributed by atoms with van der Waals surface area (Å²) in [5.41, 5.74) is 1.98. The lowest BCUT2D eigenvalue weighted by molar-refractivity contribution is 0.947. The van der Waals surface area contributed by atoms with Crippen LogP contribution < -0.4 is 5.32 Å². The number of rotatable bonds is 4. The van der Waals surface area contributed by atoms with Crippen LogP contribution >= 0.6 is 11.8 Å². The van der Waals surface area contributed by atoms with Crippen LogP contribution in [0.25, 0.3) is 0 Å². The van der Waals surface area contributed by atoms with Crippen molar-refractivity contribution >= 4 is 17.6 Å². The van der Waals surface area contributed by atoms with Gasteiger partial charge in [0.05, 0.1) is 18.1 Å². The van der Waals surface area contributed by atoms with Crippen molar-refractivity contribution in [1.29, 1.82) is 0 Å². The van der Waals surface area contributed by atoms with Gasteiger partial charge in [-0.2, -0.15) is 0 Å². The average molecular weight is 247 g/mol. The maximum absolute atomic E-state index is 4.28. The normalized spacial score (nSPS) is 10.2. The summed E-state index contributed by atoms with van der Waals surface area (Å²) in [4.78, 5) is 16.9. The van der Waals surface area contributed by atoms with Gasteiger partial charge in [-0.25, -0.2) is 15.0 Å². The van der Waals surface area contributed by atoms with Gasteiger partial charge >= 0.3 is 0 Å². The highest BCUT2D eigenvalue weighted by atomic mass is 32.2. The molecule has 0 radical (unpaired) electrons. The fraction of sp³-hybridized carbons (Fsp3) is 0.273.